The molecule has 72 valence electrons. The third kappa shape index (κ3) is 1.80. The highest BCUT2D eigenvalue weighted by atomic mass is 35.5. The van der Waals surface area contributed by atoms with E-state index in [9.17, 15) is 0 Å². The summed E-state index contributed by atoms with van der Waals surface area (Å²) >= 11 is 7.55. The number of aromatic nitrogens is 1. The lowest BCUT2D eigenvalue weighted by Crippen LogP contribution is -1.96. The Hall–Kier alpha value is -0.900. The summed E-state index contributed by atoms with van der Waals surface area (Å²) in [7, 11) is 0. The quantitative estimate of drug-likeness (QED) is 0.852. The Morgan fingerprint density at radius 1 is 1.43 bits per heavy atom. The van der Waals surface area contributed by atoms with Gasteiger partial charge in [-0.15, -0.1) is 11.3 Å². The van der Waals surface area contributed by atoms with Gasteiger partial charge in [-0.25, -0.2) is 0 Å². The van der Waals surface area contributed by atoms with Crippen molar-refractivity contribution in [3.8, 4) is 11.1 Å². The second-order valence-corrected chi connectivity index (χ2v) is 4.41. The van der Waals surface area contributed by atoms with E-state index >= 15 is 0 Å². The molecule has 14 heavy (non-hydrogen) atoms. The Kier molecular flexibility index (Phi) is 2.82. The summed E-state index contributed by atoms with van der Waals surface area (Å²) in [5.41, 5.74) is 8.61. The van der Waals surface area contributed by atoms with Gasteiger partial charge in [-0.05, 0) is 23.1 Å². The van der Waals surface area contributed by atoms with Gasteiger partial charge in [-0.1, -0.05) is 11.6 Å². The zero-order valence-electron chi connectivity index (χ0n) is 7.40. The molecular weight excluding hydrogens is 216 g/mol. The minimum absolute atomic E-state index is 0.503. The number of rotatable bonds is 2. The molecule has 0 radical (unpaired) electrons. The molecule has 0 aliphatic rings. The van der Waals surface area contributed by atoms with Crippen LogP contribution in [0.4, 0.5) is 0 Å². The van der Waals surface area contributed by atoms with E-state index < -0.39 is 0 Å². The van der Waals surface area contributed by atoms with Crippen molar-refractivity contribution in [2.75, 3.05) is 0 Å². The van der Waals surface area contributed by atoms with E-state index in [4.69, 9.17) is 17.3 Å². The number of nitrogens with two attached hydrogens (primary N) is 1. The Bertz CT molecular complexity index is 439. The summed E-state index contributed by atoms with van der Waals surface area (Å²) in [5.74, 6) is 0. The standard InChI is InChI=1S/C10H9ClN2S/c11-10-9(1-2-14-10)8-3-7(4-12)5-13-6-8/h1-3,5-6H,4,12H2. The smallest absolute Gasteiger partial charge is 0.101 e. The van der Waals surface area contributed by atoms with E-state index in [-0.39, 0.29) is 0 Å². The maximum absolute atomic E-state index is 6.03. The predicted octanol–water partition coefficient (Wildman–Crippen LogP) is 2.92. The lowest BCUT2D eigenvalue weighted by Gasteiger charge is -2.01. The molecule has 4 heteroatoms. The van der Waals surface area contributed by atoms with Gasteiger partial charge in [0.15, 0.2) is 0 Å². The van der Waals surface area contributed by atoms with E-state index in [1.807, 2.05) is 17.5 Å². The zero-order valence-corrected chi connectivity index (χ0v) is 8.98. The van der Waals surface area contributed by atoms with E-state index in [2.05, 4.69) is 4.98 Å². The molecule has 0 aliphatic carbocycles. The minimum atomic E-state index is 0.503. The summed E-state index contributed by atoms with van der Waals surface area (Å²) in [4.78, 5) is 4.12. The monoisotopic (exact) mass is 224 g/mol. The summed E-state index contributed by atoms with van der Waals surface area (Å²) in [6.07, 6.45) is 3.57. The molecule has 0 fully saturated rings. The van der Waals surface area contributed by atoms with E-state index in [0.717, 1.165) is 21.0 Å². The predicted molar refractivity (Wildman–Crippen MR) is 60.5 cm³/mol. The molecule has 2 aromatic heterocycles. The van der Waals surface area contributed by atoms with Crippen LogP contribution in [0.15, 0.2) is 29.9 Å². The van der Waals surface area contributed by atoms with Gasteiger partial charge in [-0.3, -0.25) is 4.98 Å². The van der Waals surface area contributed by atoms with Crippen LogP contribution in [0.5, 0.6) is 0 Å². The van der Waals surface area contributed by atoms with Gasteiger partial charge in [0.25, 0.3) is 0 Å². The van der Waals surface area contributed by atoms with E-state index in [1.165, 1.54) is 11.3 Å². The van der Waals surface area contributed by atoms with Crippen molar-refractivity contribution in [1.82, 2.24) is 4.98 Å². The molecule has 0 spiro atoms. The van der Waals surface area contributed by atoms with Gasteiger partial charge in [0.1, 0.15) is 4.34 Å². The van der Waals surface area contributed by atoms with Crippen LogP contribution in [0.2, 0.25) is 4.34 Å². The molecule has 0 saturated carbocycles. The maximum Gasteiger partial charge on any atom is 0.101 e. The second-order valence-electron chi connectivity index (χ2n) is 2.89. The van der Waals surface area contributed by atoms with Crippen molar-refractivity contribution in [1.29, 1.82) is 0 Å². The number of thiophene rings is 1. The van der Waals surface area contributed by atoms with Gasteiger partial charge in [0.05, 0.1) is 0 Å². The molecule has 0 bridgehead atoms. The molecule has 0 atom stereocenters. The molecule has 2 rings (SSSR count). The minimum Gasteiger partial charge on any atom is -0.326 e. The fraction of sp³-hybridized carbons (Fsp3) is 0.100. The van der Waals surface area contributed by atoms with Crippen molar-refractivity contribution in [3.63, 3.8) is 0 Å². The number of pyridine rings is 1. The van der Waals surface area contributed by atoms with Crippen molar-refractivity contribution in [2.45, 2.75) is 6.54 Å². The zero-order chi connectivity index (χ0) is 9.97. The van der Waals surface area contributed by atoms with Gasteiger partial charge in [-0.2, -0.15) is 0 Å². The summed E-state index contributed by atoms with van der Waals surface area (Å²) in [5, 5.41) is 1.97. The number of halogens is 1. The lowest BCUT2D eigenvalue weighted by atomic mass is 10.1. The molecule has 0 unspecified atom stereocenters. The SMILES string of the molecule is NCc1cncc(-c2ccsc2Cl)c1. The Labute approximate surface area is 91.4 Å². The van der Waals surface area contributed by atoms with Crippen LogP contribution in [0.1, 0.15) is 5.56 Å². The first-order valence-corrected chi connectivity index (χ1v) is 5.44. The topological polar surface area (TPSA) is 38.9 Å². The van der Waals surface area contributed by atoms with E-state index in [1.54, 1.807) is 12.4 Å². The van der Waals surface area contributed by atoms with Crippen LogP contribution in [0, 0.1) is 0 Å². The molecule has 2 aromatic rings. The summed E-state index contributed by atoms with van der Waals surface area (Å²) < 4.78 is 0.793. The fourth-order valence-corrected chi connectivity index (χ4v) is 2.21. The van der Waals surface area contributed by atoms with Crippen molar-refractivity contribution in [3.05, 3.63) is 39.8 Å². The molecular formula is C10H9ClN2S. The van der Waals surface area contributed by atoms with Gasteiger partial charge in [0, 0.05) is 30.1 Å². The molecule has 2 nitrogen and oxygen atoms in total. The van der Waals surface area contributed by atoms with Crippen LogP contribution < -0.4 is 5.73 Å². The molecule has 0 aliphatic heterocycles. The average molecular weight is 225 g/mol. The summed E-state index contributed by atoms with van der Waals surface area (Å²) in [6.45, 7) is 0.503. The van der Waals surface area contributed by atoms with Crippen molar-refractivity contribution < 1.29 is 0 Å². The first kappa shape index (κ1) is 9.65. The Balaban J connectivity index is 2.47. The number of hydrogen-bond acceptors (Lipinski definition) is 3. The number of hydrogen-bond donors (Lipinski definition) is 1. The van der Waals surface area contributed by atoms with Crippen molar-refractivity contribution in [2.24, 2.45) is 5.73 Å². The third-order valence-corrected chi connectivity index (χ3v) is 3.13. The van der Waals surface area contributed by atoms with Crippen LogP contribution in [-0.4, -0.2) is 4.98 Å². The summed E-state index contributed by atoms with van der Waals surface area (Å²) in [6, 6.07) is 4.01. The first-order chi connectivity index (χ1) is 6.81. The average Bonchev–Trinajstić information content (AvgIpc) is 2.65. The first-order valence-electron chi connectivity index (χ1n) is 4.18. The van der Waals surface area contributed by atoms with Gasteiger partial charge >= 0.3 is 0 Å². The van der Waals surface area contributed by atoms with Crippen LogP contribution in [0.25, 0.3) is 11.1 Å². The van der Waals surface area contributed by atoms with Crippen molar-refractivity contribution >= 4 is 22.9 Å². The van der Waals surface area contributed by atoms with Gasteiger partial charge < -0.3 is 5.73 Å². The van der Waals surface area contributed by atoms with Crippen LogP contribution in [-0.2, 0) is 6.54 Å². The highest BCUT2D eigenvalue weighted by molar-refractivity contribution is 7.15. The Morgan fingerprint density at radius 3 is 2.93 bits per heavy atom. The number of nitrogens with zero attached hydrogens (tertiary/aromatic N) is 1. The molecule has 0 amide bonds. The Morgan fingerprint density at radius 2 is 2.29 bits per heavy atom. The molecule has 0 aromatic carbocycles. The largest absolute Gasteiger partial charge is 0.326 e. The van der Waals surface area contributed by atoms with Crippen LogP contribution in [0.3, 0.4) is 0 Å². The molecule has 2 heterocycles. The second kappa shape index (κ2) is 4.09. The van der Waals surface area contributed by atoms with Crippen LogP contribution >= 0.6 is 22.9 Å². The fourth-order valence-electron chi connectivity index (χ4n) is 1.25. The maximum atomic E-state index is 6.03. The molecule has 0 saturated heterocycles. The normalized spacial score (nSPS) is 10.4. The molecule has 2 N–H and O–H groups in total. The highest BCUT2D eigenvalue weighted by Gasteiger charge is 2.05. The third-order valence-electron chi connectivity index (χ3n) is 1.96. The van der Waals surface area contributed by atoms with Gasteiger partial charge in [0.2, 0.25) is 0 Å². The highest BCUT2D eigenvalue weighted by Crippen LogP contribution is 2.32. The lowest BCUT2D eigenvalue weighted by molar-refractivity contribution is 1.05. The van der Waals surface area contributed by atoms with E-state index in [0.29, 0.717) is 6.54 Å².